The number of carbonyl (C=O) groups is 1. The first kappa shape index (κ1) is 18.6. The van der Waals surface area contributed by atoms with Gasteiger partial charge in [0.15, 0.2) is 0 Å². The molecular weight excluding hydrogens is 346 g/mol. The quantitative estimate of drug-likeness (QED) is 0.658. The first-order chi connectivity index (χ1) is 13.0. The van der Waals surface area contributed by atoms with Gasteiger partial charge in [-0.2, -0.15) is 0 Å². The van der Waals surface area contributed by atoms with E-state index >= 15 is 0 Å². The zero-order valence-electron chi connectivity index (χ0n) is 15.5. The number of aromatic nitrogens is 1. The van der Waals surface area contributed by atoms with Crippen molar-refractivity contribution in [1.29, 1.82) is 0 Å². The van der Waals surface area contributed by atoms with Gasteiger partial charge in [-0.25, -0.2) is 9.78 Å². The van der Waals surface area contributed by atoms with Crippen LogP contribution in [-0.4, -0.2) is 47.0 Å². The normalized spacial score (nSPS) is 14.3. The van der Waals surface area contributed by atoms with E-state index in [0.29, 0.717) is 37.9 Å². The Morgan fingerprint density at radius 2 is 1.81 bits per heavy atom. The Morgan fingerprint density at radius 1 is 1.15 bits per heavy atom. The van der Waals surface area contributed by atoms with Crippen molar-refractivity contribution in [2.45, 2.75) is 19.8 Å². The Balaban J connectivity index is 1.59. The number of rotatable bonds is 4. The smallest absolute Gasteiger partial charge is 0.321 e. The molecule has 2 heterocycles. The summed E-state index contributed by atoms with van der Waals surface area (Å²) in [5, 5.41) is 14.1. The summed E-state index contributed by atoms with van der Waals surface area (Å²) in [6.07, 6.45) is 1.54. The number of anilines is 2. The Labute approximate surface area is 158 Å². The Bertz CT molecular complexity index is 814. The van der Waals surface area contributed by atoms with Crippen LogP contribution in [-0.2, 0) is 0 Å². The average Bonchev–Trinajstić information content (AvgIpc) is 2.68. The van der Waals surface area contributed by atoms with Gasteiger partial charge >= 0.3 is 11.7 Å². The third kappa shape index (κ3) is 4.33. The van der Waals surface area contributed by atoms with Crippen LogP contribution in [0.1, 0.15) is 25.3 Å². The number of carbonyl (C=O) groups excluding carboxylic acids is 1. The summed E-state index contributed by atoms with van der Waals surface area (Å²) in [5.74, 6) is 0.797. The number of nitro groups is 1. The predicted octanol–water partition coefficient (Wildman–Crippen LogP) is 3.47. The van der Waals surface area contributed by atoms with Gasteiger partial charge in [0, 0.05) is 44.1 Å². The summed E-state index contributed by atoms with van der Waals surface area (Å²) in [7, 11) is 0. The number of amides is 2. The molecule has 1 fully saturated rings. The lowest BCUT2D eigenvalue weighted by Crippen LogP contribution is -2.50. The topological polar surface area (TPSA) is 91.6 Å². The molecule has 0 saturated carbocycles. The third-order valence-electron chi connectivity index (χ3n) is 4.66. The van der Waals surface area contributed by atoms with Gasteiger partial charge in [-0.05, 0) is 29.7 Å². The van der Waals surface area contributed by atoms with Crippen molar-refractivity contribution >= 4 is 23.2 Å². The van der Waals surface area contributed by atoms with Crippen molar-refractivity contribution in [3.8, 4) is 0 Å². The molecule has 1 aliphatic rings. The first-order valence-electron chi connectivity index (χ1n) is 8.96. The minimum Gasteiger partial charge on any atom is -0.347 e. The third-order valence-corrected chi connectivity index (χ3v) is 4.66. The molecule has 0 spiro atoms. The largest absolute Gasteiger partial charge is 0.347 e. The van der Waals surface area contributed by atoms with Crippen LogP contribution in [0, 0.1) is 10.1 Å². The molecule has 8 heteroatoms. The van der Waals surface area contributed by atoms with Crippen LogP contribution in [0.3, 0.4) is 0 Å². The van der Waals surface area contributed by atoms with Gasteiger partial charge in [-0.15, -0.1) is 0 Å². The van der Waals surface area contributed by atoms with Crippen LogP contribution < -0.4 is 10.2 Å². The highest BCUT2D eigenvalue weighted by molar-refractivity contribution is 5.89. The zero-order valence-corrected chi connectivity index (χ0v) is 15.5. The lowest BCUT2D eigenvalue weighted by atomic mass is 10.0. The maximum Gasteiger partial charge on any atom is 0.321 e. The molecule has 1 aromatic carbocycles. The maximum atomic E-state index is 12.5. The lowest BCUT2D eigenvalue weighted by Gasteiger charge is -2.35. The van der Waals surface area contributed by atoms with E-state index < -0.39 is 4.92 Å². The molecule has 0 aliphatic carbocycles. The van der Waals surface area contributed by atoms with E-state index in [0.717, 1.165) is 5.69 Å². The standard InChI is InChI=1S/C19H23N5O3/c1-14(2)15-5-7-16(8-6-15)21-19(25)23-12-10-22(11-13-23)18-17(24(26)27)4-3-9-20-18/h3-9,14H,10-13H2,1-2H3,(H,21,25). The van der Waals surface area contributed by atoms with E-state index in [9.17, 15) is 14.9 Å². The Morgan fingerprint density at radius 3 is 2.41 bits per heavy atom. The first-order valence-corrected chi connectivity index (χ1v) is 8.96. The minimum atomic E-state index is -0.428. The van der Waals surface area contributed by atoms with E-state index in [1.807, 2.05) is 29.2 Å². The van der Waals surface area contributed by atoms with Crippen molar-refractivity contribution in [3.05, 3.63) is 58.3 Å². The fourth-order valence-electron chi connectivity index (χ4n) is 3.05. The van der Waals surface area contributed by atoms with Gasteiger partial charge < -0.3 is 15.1 Å². The van der Waals surface area contributed by atoms with E-state index in [1.165, 1.54) is 11.6 Å². The van der Waals surface area contributed by atoms with Crippen LogP contribution >= 0.6 is 0 Å². The van der Waals surface area contributed by atoms with Crippen LogP contribution in [0.15, 0.2) is 42.6 Å². The summed E-state index contributed by atoms with van der Waals surface area (Å²) in [6.45, 7) is 6.19. The Hall–Kier alpha value is -3.16. The molecule has 1 aromatic heterocycles. The number of piperazine rings is 1. The maximum absolute atomic E-state index is 12.5. The predicted molar refractivity (Wildman–Crippen MR) is 104 cm³/mol. The van der Waals surface area contributed by atoms with Crippen molar-refractivity contribution in [1.82, 2.24) is 9.88 Å². The summed E-state index contributed by atoms with van der Waals surface area (Å²) in [4.78, 5) is 30.9. The molecule has 0 bridgehead atoms. The van der Waals surface area contributed by atoms with Crippen molar-refractivity contribution in [2.24, 2.45) is 0 Å². The minimum absolute atomic E-state index is 0.0133. The van der Waals surface area contributed by atoms with Gasteiger partial charge in [0.25, 0.3) is 0 Å². The van der Waals surface area contributed by atoms with Gasteiger partial charge in [0.05, 0.1) is 4.92 Å². The summed E-state index contributed by atoms with van der Waals surface area (Å²) >= 11 is 0. The SMILES string of the molecule is CC(C)c1ccc(NC(=O)N2CCN(c3ncccc3[N+](=O)[O-])CC2)cc1. The molecule has 2 aromatic rings. The molecule has 2 amide bonds. The number of hydrogen-bond donors (Lipinski definition) is 1. The van der Waals surface area contributed by atoms with E-state index in [1.54, 1.807) is 17.2 Å². The van der Waals surface area contributed by atoms with Crippen molar-refractivity contribution < 1.29 is 9.72 Å². The van der Waals surface area contributed by atoms with Crippen LogP contribution in [0.5, 0.6) is 0 Å². The second-order valence-electron chi connectivity index (χ2n) is 6.78. The van der Waals surface area contributed by atoms with Gasteiger partial charge in [0.2, 0.25) is 5.82 Å². The fraction of sp³-hybridized carbons (Fsp3) is 0.368. The van der Waals surface area contributed by atoms with Crippen molar-refractivity contribution in [3.63, 3.8) is 0 Å². The molecule has 8 nitrogen and oxygen atoms in total. The molecule has 3 rings (SSSR count). The van der Waals surface area contributed by atoms with Crippen LogP contribution in [0.25, 0.3) is 0 Å². The molecule has 1 aliphatic heterocycles. The van der Waals surface area contributed by atoms with Gasteiger partial charge in [-0.3, -0.25) is 10.1 Å². The second kappa shape index (κ2) is 8.03. The molecule has 1 N–H and O–H groups in total. The number of benzene rings is 1. The highest BCUT2D eigenvalue weighted by Gasteiger charge is 2.26. The number of nitrogens with one attached hydrogen (secondary N) is 1. The highest BCUT2D eigenvalue weighted by Crippen LogP contribution is 2.26. The molecule has 0 unspecified atom stereocenters. The average molecular weight is 369 g/mol. The van der Waals surface area contributed by atoms with E-state index in [2.05, 4.69) is 24.1 Å². The van der Waals surface area contributed by atoms with E-state index in [-0.39, 0.29) is 11.7 Å². The zero-order chi connectivity index (χ0) is 19.4. The fourth-order valence-corrected chi connectivity index (χ4v) is 3.05. The molecular formula is C19H23N5O3. The number of urea groups is 1. The highest BCUT2D eigenvalue weighted by atomic mass is 16.6. The van der Waals surface area contributed by atoms with E-state index in [4.69, 9.17) is 0 Å². The molecule has 142 valence electrons. The second-order valence-corrected chi connectivity index (χ2v) is 6.78. The molecule has 0 atom stereocenters. The molecule has 27 heavy (non-hydrogen) atoms. The van der Waals surface area contributed by atoms with Crippen molar-refractivity contribution in [2.75, 3.05) is 36.4 Å². The number of hydrogen-bond acceptors (Lipinski definition) is 5. The van der Waals surface area contributed by atoms with Gasteiger partial charge in [-0.1, -0.05) is 26.0 Å². The molecule has 0 radical (unpaired) electrons. The summed E-state index contributed by atoms with van der Waals surface area (Å²) in [5.41, 5.74) is 1.96. The van der Waals surface area contributed by atoms with Crippen LogP contribution in [0.2, 0.25) is 0 Å². The number of nitrogens with zero attached hydrogens (tertiary/aromatic N) is 4. The lowest BCUT2D eigenvalue weighted by molar-refractivity contribution is -0.384. The molecule has 1 saturated heterocycles. The summed E-state index contributed by atoms with van der Waals surface area (Å²) in [6, 6.07) is 10.7. The Kier molecular flexibility index (Phi) is 5.54. The summed E-state index contributed by atoms with van der Waals surface area (Å²) < 4.78 is 0. The van der Waals surface area contributed by atoms with Crippen LogP contribution in [0.4, 0.5) is 22.0 Å². The van der Waals surface area contributed by atoms with Gasteiger partial charge in [0.1, 0.15) is 0 Å². The number of pyridine rings is 1. The monoisotopic (exact) mass is 369 g/mol.